The second kappa shape index (κ2) is 5.63. The molecule has 1 aromatic heterocycles. The molecule has 0 saturated carbocycles. The van der Waals surface area contributed by atoms with Crippen molar-refractivity contribution in [1.82, 2.24) is 10.3 Å². The lowest BCUT2D eigenvalue weighted by atomic mass is 10.0. The highest BCUT2D eigenvalue weighted by Gasteiger charge is 2.08. The van der Waals surface area contributed by atoms with Crippen LogP contribution in [0.2, 0.25) is 0 Å². The van der Waals surface area contributed by atoms with E-state index < -0.39 is 0 Å². The molecule has 1 atom stereocenters. The van der Waals surface area contributed by atoms with Gasteiger partial charge in [0, 0.05) is 17.5 Å². The largest absolute Gasteiger partial charge is 0.305 e. The van der Waals surface area contributed by atoms with E-state index in [0.717, 1.165) is 12.2 Å². The minimum Gasteiger partial charge on any atom is -0.305 e. The number of aromatic nitrogens is 1. The summed E-state index contributed by atoms with van der Waals surface area (Å²) in [6.45, 7) is 9.47. The first-order valence-electron chi connectivity index (χ1n) is 6.27. The van der Waals surface area contributed by atoms with Gasteiger partial charge in [0.15, 0.2) is 0 Å². The van der Waals surface area contributed by atoms with Crippen molar-refractivity contribution >= 4 is 11.3 Å². The predicted octanol–water partition coefficient (Wildman–Crippen LogP) is 3.92. The van der Waals surface area contributed by atoms with Crippen molar-refractivity contribution in [2.45, 2.75) is 40.3 Å². The second-order valence-electron chi connectivity index (χ2n) is 4.88. The minimum atomic E-state index is 0.366. The molecule has 0 amide bonds. The van der Waals surface area contributed by atoms with Crippen molar-refractivity contribution in [2.24, 2.45) is 0 Å². The molecule has 1 N–H and O–H groups in total. The maximum atomic E-state index is 4.27. The third-order valence-electron chi connectivity index (χ3n) is 3.16. The molecule has 3 heteroatoms. The molecule has 96 valence electrons. The average molecular weight is 260 g/mol. The SMILES string of the molecule is Cc1cc(C)cc(C(C)NCc2scnc2C)c1. The normalized spacial score (nSPS) is 12.7. The Balaban J connectivity index is 2.03. The molecule has 1 aromatic carbocycles. The van der Waals surface area contributed by atoms with Crippen LogP contribution in [0.15, 0.2) is 23.7 Å². The molecular formula is C15H20N2S. The van der Waals surface area contributed by atoms with E-state index in [9.17, 15) is 0 Å². The minimum absolute atomic E-state index is 0.366. The van der Waals surface area contributed by atoms with E-state index in [1.54, 1.807) is 11.3 Å². The quantitative estimate of drug-likeness (QED) is 0.901. The number of aryl methyl sites for hydroxylation is 3. The van der Waals surface area contributed by atoms with Gasteiger partial charge in [0.2, 0.25) is 0 Å². The fourth-order valence-corrected chi connectivity index (χ4v) is 2.85. The van der Waals surface area contributed by atoms with Gasteiger partial charge in [-0.25, -0.2) is 4.98 Å². The first kappa shape index (κ1) is 13.2. The van der Waals surface area contributed by atoms with Crippen LogP contribution in [0.4, 0.5) is 0 Å². The fraction of sp³-hybridized carbons (Fsp3) is 0.400. The van der Waals surface area contributed by atoms with E-state index in [1.807, 2.05) is 5.51 Å². The number of rotatable bonds is 4. The van der Waals surface area contributed by atoms with Gasteiger partial charge in [0.25, 0.3) is 0 Å². The van der Waals surface area contributed by atoms with Gasteiger partial charge < -0.3 is 5.32 Å². The summed E-state index contributed by atoms with van der Waals surface area (Å²) in [6.07, 6.45) is 0. The Bertz CT molecular complexity index is 511. The highest BCUT2D eigenvalue weighted by atomic mass is 32.1. The Morgan fingerprint density at radius 1 is 1.17 bits per heavy atom. The maximum absolute atomic E-state index is 4.27. The van der Waals surface area contributed by atoms with Crippen LogP contribution < -0.4 is 5.32 Å². The topological polar surface area (TPSA) is 24.9 Å². The molecule has 0 saturated heterocycles. The van der Waals surface area contributed by atoms with Crippen LogP contribution in [-0.2, 0) is 6.54 Å². The molecule has 2 aromatic rings. The van der Waals surface area contributed by atoms with Gasteiger partial charge in [0.1, 0.15) is 0 Å². The Morgan fingerprint density at radius 3 is 2.39 bits per heavy atom. The van der Waals surface area contributed by atoms with Crippen LogP contribution in [0, 0.1) is 20.8 Å². The number of thiazole rings is 1. The van der Waals surface area contributed by atoms with Crippen molar-refractivity contribution in [3.63, 3.8) is 0 Å². The third-order valence-corrected chi connectivity index (χ3v) is 4.09. The third kappa shape index (κ3) is 3.18. The van der Waals surface area contributed by atoms with E-state index in [2.05, 4.69) is 56.2 Å². The van der Waals surface area contributed by atoms with Crippen LogP contribution in [0.1, 0.15) is 40.2 Å². The van der Waals surface area contributed by atoms with Crippen molar-refractivity contribution in [1.29, 1.82) is 0 Å². The van der Waals surface area contributed by atoms with Crippen LogP contribution in [0.5, 0.6) is 0 Å². The highest BCUT2D eigenvalue weighted by Crippen LogP contribution is 2.18. The summed E-state index contributed by atoms with van der Waals surface area (Å²) < 4.78 is 0. The summed E-state index contributed by atoms with van der Waals surface area (Å²) in [5, 5.41) is 3.57. The molecule has 2 rings (SSSR count). The zero-order valence-corrected chi connectivity index (χ0v) is 12.3. The molecule has 1 heterocycles. The van der Waals surface area contributed by atoms with E-state index in [4.69, 9.17) is 0 Å². The van der Waals surface area contributed by atoms with Crippen molar-refractivity contribution < 1.29 is 0 Å². The van der Waals surface area contributed by atoms with Crippen LogP contribution in [0.25, 0.3) is 0 Å². The van der Waals surface area contributed by atoms with E-state index >= 15 is 0 Å². The molecule has 0 bridgehead atoms. The van der Waals surface area contributed by atoms with Crippen molar-refractivity contribution in [3.05, 3.63) is 51.0 Å². The summed E-state index contributed by atoms with van der Waals surface area (Å²) in [5.41, 5.74) is 7.06. The van der Waals surface area contributed by atoms with E-state index in [1.165, 1.54) is 21.6 Å². The molecule has 0 aliphatic carbocycles. The zero-order chi connectivity index (χ0) is 13.1. The first-order valence-corrected chi connectivity index (χ1v) is 7.15. The van der Waals surface area contributed by atoms with Gasteiger partial charge >= 0.3 is 0 Å². The monoisotopic (exact) mass is 260 g/mol. The molecule has 0 aliphatic rings. The van der Waals surface area contributed by atoms with Crippen LogP contribution in [0.3, 0.4) is 0 Å². The van der Waals surface area contributed by atoms with Gasteiger partial charge in [0.05, 0.1) is 11.2 Å². The average Bonchev–Trinajstić information content (AvgIpc) is 2.70. The van der Waals surface area contributed by atoms with Gasteiger partial charge in [-0.1, -0.05) is 29.3 Å². The molecular weight excluding hydrogens is 240 g/mol. The Labute approximate surface area is 113 Å². The van der Waals surface area contributed by atoms with Gasteiger partial charge in [-0.05, 0) is 33.3 Å². The van der Waals surface area contributed by atoms with E-state index in [0.29, 0.717) is 6.04 Å². The molecule has 0 aliphatic heterocycles. The van der Waals surface area contributed by atoms with Gasteiger partial charge in [-0.15, -0.1) is 11.3 Å². The number of benzene rings is 1. The fourth-order valence-electron chi connectivity index (χ4n) is 2.12. The summed E-state index contributed by atoms with van der Waals surface area (Å²) in [5.74, 6) is 0. The molecule has 18 heavy (non-hydrogen) atoms. The Hall–Kier alpha value is -1.19. The molecule has 1 unspecified atom stereocenters. The molecule has 0 radical (unpaired) electrons. The Kier molecular flexibility index (Phi) is 4.15. The van der Waals surface area contributed by atoms with E-state index in [-0.39, 0.29) is 0 Å². The molecule has 0 fully saturated rings. The molecule has 2 nitrogen and oxygen atoms in total. The standard InChI is InChI=1S/C15H20N2S/c1-10-5-11(2)7-14(6-10)12(3)16-8-15-13(4)17-9-18-15/h5-7,9,12,16H,8H2,1-4H3. The lowest BCUT2D eigenvalue weighted by Gasteiger charge is -2.15. The molecule has 0 spiro atoms. The van der Waals surface area contributed by atoms with Gasteiger partial charge in [-0.3, -0.25) is 0 Å². The first-order chi connectivity index (χ1) is 8.56. The maximum Gasteiger partial charge on any atom is 0.0798 e. The van der Waals surface area contributed by atoms with Gasteiger partial charge in [-0.2, -0.15) is 0 Å². The summed E-state index contributed by atoms with van der Waals surface area (Å²) in [7, 11) is 0. The summed E-state index contributed by atoms with van der Waals surface area (Å²) in [6, 6.07) is 7.09. The second-order valence-corrected chi connectivity index (χ2v) is 5.82. The lowest BCUT2D eigenvalue weighted by molar-refractivity contribution is 0.576. The Morgan fingerprint density at radius 2 is 1.83 bits per heavy atom. The van der Waals surface area contributed by atoms with Crippen molar-refractivity contribution in [3.8, 4) is 0 Å². The smallest absolute Gasteiger partial charge is 0.0798 e. The lowest BCUT2D eigenvalue weighted by Crippen LogP contribution is -2.18. The summed E-state index contributed by atoms with van der Waals surface area (Å²) in [4.78, 5) is 5.60. The number of nitrogens with one attached hydrogen (secondary N) is 1. The zero-order valence-electron chi connectivity index (χ0n) is 11.4. The summed E-state index contributed by atoms with van der Waals surface area (Å²) >= 11 is 1.72. The number of hydrogen-bond donors (Lipinski definition) is 1. The highest BCUT2D eigenvalue weighted by molar-refractivity contribution is 7.09. The number of nitrogens with zero attached hydrogens (tertiary/aromatic N) is 1. The predicted molar refractivity (Wildman–Crippen MR) is 78.0 cm³/mol. The van der Waals surface area contributed by atoms with Crippen LogP contribution in [-0.4, -0.2) is 4.98 Å². The number of hydrogen-bond acceptors (Lipinski definition) is 3. The van der Waals surface area contributed by atoms with Crippen LogP contribution >= 0.6 is 11.3 Å². The van der Waals surface area contributed by atoms with Crippen molar-refractivity contribution in [2.75, 3.05) is 0 Å².